The van der Waals surface area contributed by atoms with Crippen LogP contribution in [0.5, 0.6) is 5.75 Å². The van der Waals surface area contributed by atoms with Crippen LogP contribution in [0.3, 0.4) is 0 Å². The van der Waals surface area contributed by atoms with Crippen molar-refractivity contribution in [1.29, 1.82) is 0 Å². The van der Waals surface area contributed by atoms with Crippen LogP contribution in [0.2, 0.25) is 0 Å². The summed E-state index contributed by atoms with van der Waals surface area (Å²) < 4.78 is 0. The highest BCUT2D eigenvalue weighted by molar-refractivity contribution is 5.43. The molecule has 2 saturated carbocycles. The Kier molecular flexibility index (Phi) is 8.58. The Hall–Kier alpha value is -1.14. The van der Waals surface area contributed by atoms with E-state index >= 15 is 0 Å². The van der Waals surface area contributed by atoms with E-state index in [1.807, 2.05) is 0 Å². The second-order valence-corrected chi connectivity index (χ2v) is 10.0. The van der Waals surface area contributed by atoms with Crippen LogP contribution < -0.4 is 10.6 Å². The molecule has 2 aliphatic carbocycles. The lowest BCUT2D eigenvalue weighted by atomic mass is 9.89. The number of hydrogen-bond donors (Lipinski definition) is 3. The fourth-order valence-electron chi connectivity index (χ4n) is 5.62. The standard InChI is InChI=1S/C25H44N4O/c1-18-14-19(16-26-21-10-6-8-12-23(21)28(2)3)25(30)20(15-18)17-27-22-11-7-9-13-24(22)29(4)5/h14-15,21-24,26-27,30H,6-13,16-17H2,1-5H3/t21-,22-,23-,24-/m0/s1. The zero-order valence-corrected chi connectivity index (χ0v) is 19.9. The Balaban J connectivity index is 1.64. The highest BCUT2D eigenvalue weighted by Gasteiger charge is 2.28. The number of phenols is 1. The van der Waals surface area contributed by atoms with Gasteiger partial charge in [0.15, 0.2) is 0 Å². The first-order valence-electron chi connectivity index (χ1n) is 12.0. The summed E-state index contributed by atoms with van der Waals surface area (Å²) in [5, 5.41) is 18.5. The first-order chi connectivity index (χ1) is 14.4. The molecule has 0 saturated heterocycles. The van der Waals surface area contributed by atoms with Gasteiger partial charge >= 0.3 is 0 Å². The maximum absolute atomic E-state index is 11.0. The second kappa shape index (κ2) is 10.9. The van der Waals surface area contributed by atoms with Crippen molar-refractivity contribution in [3.63, 3.8) is 0 Å². The molecule has 3 rings (SSSR count). The first-order valence-corrected chi connectivity index (χ1v) is 12.0. The molecule has 0 heterocycles. The number of phenolic OH excluding ortho intramolecular Hbond substituents is 1. The summed E-state index contributed by atoms with van der Waals surface area (Å²) >= 11 is 0. The fraction of sp³-hybridized carbons (Fsp3) is 0.760. The minimum absolute atomic E-state index is 0.468. The summed E-state index contributed by atoms with van der Waals surface area (Å²) in [6.45, 7) is 3.61. The molecule has 2 aliphatic rings. The topological polar surface area (TPSA) is 50.8 Å². The maximum atomic E-state index is 11.0. The molecule has 1 aromatic rings. The summed E-state index contributed by atoms with van der Waals surface area (Å²) in [6, 6.07) is 6.45. The molecule has 2 fully saturated rings. The van der Waals surface area contributed by atoms with Crippen molar-refractivity contribution in [3.05, 3.63) is 28.8 Å². The van der Waals surface area contributed by atoms with Gasteiger partial charge in [0.25, 0.3) is 0 Å². The number of aromatic hydroxyl groups is 1. The summed E-state index contributed by atoms with van der Waals surface area (Å²) in [6.07, 6.45) is 10.2. The molecular weight excluding hydrogens is 372 g/mol. The Bertz CT molecular complexity index is 622. The Labute approximate surface area is 184 Å². The minimum Gasteiger partial charge on any atom is -0.507 e. The number of hydrogen-bond acceptors (Lipinski definition) is 5. The van der Waals surface area contributed by atoms with E-state index in [2.05, 4.69) is 67.7 Å². The van der Waals surface area contributed by atoms with Crippen LogP contribution in [0, 0.1) is 6.92 Å². The van der Waals surface area contributed by atoms with Crippen LogP contribution in [-0.2, 0) is 13.1 Å². The van der Waals surface area contributed by atoms with E-state index in [0.717, 1.165) is 24.2 Å². The average Bonchev–Trinajstić information content (AvgIpc) is 2.73. The molecule has 0 bridgehead atoms. The third kappa shape index (κ3) is 5.97. The normalized spacial score (nSPS) is 27.7. The average molecular weight is 417 g/mol. The lowest BCUT2D eigenvalue weighted by Crippen LogP contribution is -2.49. The van der Waals surface area contributed by atoms with Crippen molar-refractivity contribution in [2.75, 3.05) is 28.2 Å². The van der Waals surface area contributed by atoms with Crippen molar-refractivity contribution in [2.45, 2.75) is 95.5 Å². The van der Waals surface area contributed by atoms with Crippen LogP contribution in [0.15, 0.2) is 12.1 Å². The molecule has 5 nitrogen and oxygen atoms in total. The molecule has 5 heteroatoms. The molecule has 0 aromatic heterocycles. The van der Waals surface area contributed by atoms with E-state index in [-0.39, 0.29) is 0 Å². The molecule has 0 aliphatic heterocycles. The van der Waals surface area contributed by atoms with Gasteiger partial charge in [-0.15, -0.1) is 0 Å². The highest BCUT2D eigenvalue weighted by Crippen LogP contribution is 2.28. The van der Waals surface area contributed by atoms with E-state index < -0.39 is 0 Å². The largest absolute Gasteiger partial charge is 0.507 e. The summed E-state index contributed by atoms with van der Waals surface area (Å²) in [5.74, 6) is 0.468. The summed E-state index contributed by atoms with van der Waals surface area (Å²) in [5.41, 5.74) is 3.28. The molecular formula is C25H44N4O. The van der Waals surface area contributed by atoms with Crippen LogP contribution in [0.25, 0.3) is 0 Å². The zero-order valence-electron chi connectivity index (χ0n) is 19.9. The number of aryl methyl sites for hydroxylation is 1. The fourth-order valence-corrected chi connectivity index (χ4v) is 5.62. The predicted molar refractivity (Wildman–Crippen MR) is 126 cm³/mol. The third-order valence-corrected chi connectivity index (χ3v) is 7.31. The molecule has 4 atom stereocenters. The van der Waals surface area contributed by atoms with Gasteiger partial charge in [-0.2, -0.15) is 0 Å². The van der Waals surface area contributed by atoms with E-state index in [9.17, 15) is 5.11 Å². The van der Waals surface area contributed by atoms with Crippen LogP contribution in [0.1, 0.15) is 68.1 Å². The van der Waals surface area contributed by atoms with Gasteiger partial charge in [-0.05, 0) is 60.8 Å². The molecule has 0 unspecified atom stereocenters. The van der Waals surface area contributed by atoms with Crippen LogP contribution in [-0.4, -0.2) is 67.3 Å². The number of benzene rings is 1. The number of nitrogens with one attached hydrogen (secondary N) is 2. The monoisotopic (exact) mass is 416 g/mol. The van der Waals surface area contributed by atoms with E-state index in [1.165, 1.54) is 56.9 Å². The van der Waals surface area contributed by atoms with Crippen LogP contribution >= 0.6 is 0 Å². The van der Waals surface area contributed by atoms with Gasteiger partial charge in [0.1, 0.15) is 5.75 Å². The maximum Gasteiger partial charge on any atom is 0.124 e. The van der Waals surface area contributed by atoms with E-state index in [1.54, 1.807) is 0 Å². The van der Waals surface area contributed by atoms with Crippen molar-refractivity contribution in [2.24, 2.45) is 0 Å². The van der Waals surface area contributed by atoms with Gasteiger partial charge in [0.2, 0.25) is 0 Å². The van der Waals surface area contributed by atoms with Gasteiger partial charge < -0.3 is 25.5 Å². The number of likely N-dealkylation sites (N-methyl/N-ethyl adjacent to an activating group) is 2. The van der Waals surface area contributed by atoms with Crippen LogP contribution in [0.4, 0.5) is 0 Å². The van der Waals surface area contributed by atoms with Crippen molar-refractivity contribution >= 4 is 0 Å². The van der Waals surface area contributed by atoms with Crippen molar-refractivity contribution in [3.8, 4) is 5.75 Å². The Morgan fingerprint density at radius 2 is 1.17 bits per heavy atom. The molecule has 170 valence electrons. The highest BCUT2D eigenvalue weighted by atomic mass is 16.3. The predicted octanol–water partition coefficient (Wildman–Crippen LogP) is 3.63. The van der Waals surface area contributed by atoms with E-state index in [4.69, 9.17) is 0 Å². The molecule has 0 amide bonds. The van der Waals surface area contributed by atoms with Crippen molar-refractivity contribution in [1.82, 2.24) is 20.4 Å². The smallest absolute Gasteiger partial charge is 0.124 e. The second-order valence-electron chi connectivity index (χ2n) is 10.0. The Morgan fingerprint density at radius 1 is 0.767 bits per heavy atom. The summed E-state index contributed by atoms with van der Waals surface area (Å²) in [7, 11) is 8.74. The van der Waals surface area contributed by atoms with E-state index in [0.29, 0.717) is 29.9 Å². The minimum atomic E-state index is 0.468. The SMILES string of the molecule is Cc1cc(CN[C@H]2CCCC[C@@H]2N(C)C)c(O)c(CN[C@H]2CCCC[C@@H]2N(C)C)c1. The van der Waals surface area contributed by atoms with Crippen molar-refractivity contribution < 1.29 is 5.11 Å². The number of rotatable bonds is 8. The summed E-state index contributed by atoms with van der Waals surface area (Å²) in [4.78, 5) is 4.71. The van der Waals surface area contributed by atoms with Gasteiger partial charge in [0.05, 0.1) is 0 Å². The number of nitrogens with zero attached hydrogens (tertiary/aromatic N) is 2. The first kappa shape index (κ1) is 23.5. The quantitative estimate of drug-likeness (QED) is 0.604. The molecule has 0 spiro atoms. The third-order valence-electron chi connectivity index (χ3n) is 7.31. The lowest BCUT2D eigenvalue weighted by Gasteiger charge is -2.37. The van der Waals surface area contributed by atoms with Gasteiger partial charge in [-0.3, -0.25) is 0 Å². The molecule has 1 aromatic carbocycles. The van der Waals surface area contributed by atoms with Gasteiger partial charge in [-0.1, -0.05) is 43.4 Å². The van der Waals surface area contributed by atoms with Gasteiger partial charge in [0, 0.05) is 48.4 Å². The molecule has 30 heavy (non-hydrogen) atoms. The lowest BCUT2D eigenvalue weighted by molar-refractivity contribution is 0.175. The Morgan fingerprint density at radius 3 is 1.57 bits per heavy atom. The molecule has 3 N–H and O–H groups in total. The molecule has 0 radical (unpaired) electrons. The zero-order chi connectivity index (χ0) is 21.7. The van der Waals surface area contributed by atoms with Gasteiger partial charge in [-0.25, -0.2) is 0 Å².